The van der Waals surface area contributed by atoms with E-state index in [1.54, 1.807) is 0 Å². The number of benzene rings is 1. The lowest BCUT2D eigenvalue weighted by Crippen LogP contribution is -2.26. The Morgan fingerprint density at radius 1 is 1.00 bits per heavy atom. The van der Waals surface area contributed by atoms with Gasteiger partial charge in [-0.1, -0.05) is 65.7 Å². The third kappa shape index (κ3) is 3.18. The Morgan fingerprint density at radius 3 is 2.10 bits per heavy atom. The van der Waals surface area contributed by atoms with E-state index >= 15 is 0 Å². The van der Waals surface area contributed by atoms with Crippen LogP contribution >= 0.6 is 0 Å². The monoisotopic (exact) mass is 288 g/mol. The van der Waals surface area contributed by atoms with Crippen LogP contribution in [0.1, 0.15) is 101 Å². The van der Waals surface area contributed by atoms with Gasteiger partial charge in [-0.3, -0.25) is 0 Å². The van der Waals surface area contributed by atoms with Gasteiger partial charge in [-0.2, -0.15) is 0 Å². The molecule has 0 bridgehead atoms. The fourth-order valence-electron chi connectivity index (χ4n) is 3.93. The van der Waals surface area contributed by atoms with Gasteiger partial charge >= 0.3 is 0 Å². The van der Waals surface area contributed by atoms with E-state index in [4.69, 9.17) is 0 Å². The average molecular weight is 288 g/mol. The van der Waals surface area contributed by atoms with E-state index < -0.39 is 0 Å². The van der Waals surface area contributed by atoms with Crippen molar-refractivity contribution in [1.29, 1.82) is 0 Å². The molecule has 1 N–H and O–H groups in total. The van der Waals surface area contributed by atoms with Crippen LogP contribution < -0.4 is 0 Å². The average Bonchev–Trinajstić information content (AvgIpc) is 2.95. The number of aliphatic hydroxyl groups is 1. The first-order chi connectivity index (χ1) is 9.91. The summed E-state index contributed by atoms with van der Waals surface area (Å²) in [5.41, 5.74) is 4.02. The maximum absolute atomic E-state index is 11.1. The normalized spacial score (nSPS) is 19.4. The molecule has 0 radical (unpaired) electrons. The highest BCUT2D eigenvalue weighted by atomic mass is 16.3. The van der Waals surface area contributed by atoms with Gasteiger partial charge in [-0.15, -0.1) is 0 Å². The zero-order valence-electron chi connectivity index (χ0n) is 14.4. The molecule has 1 unspecified atom stereocenters. The minimum atomic E-state index is -0.302. The lowest BCUT2D eigenvalue weighted by atomic mass is 9.73. The van der Waals surface area contributed by atoms with Gasteiger partial charge in [0.15, 0.2) is 0 Å². The number of hydrogen-bond donors (Lipinski definition) is 1. The second kappa shape index (κ2) is 6.52. The first kappa shape index (κ1) is 16.5. The molecule has 0 amide bonds. The maximum Gasteiger partial charge on any atom is 0.0848 e. The fourth-order valence-corrected chi connectivity index (χ4v) is 3.93. The first-order valence-corrected chi connectivity index (χ1v) is 8.73. The van der Waals surface area contributed by atoms with Crippen LogP contribution in [-0.2, 0) is 0 Å². The molecule has 1 aromatic carbocycles. The largest absolute Gasteiger partial charge is 0.388 e. The molecular formula is C20H32O. The van der Waals surface area contributed by atoms with E-state index in [0.717, 1.165) is 6.42 Å². The summed E-state index contributed by atoms with van der Waals surface area (Å²) in [4.78, 5) is 0. The summed E-state index contributed by atoms with van der Waals surface area (Å²) < 4.78 is 0. The van der Waals surface area contributed by atoms with E-state index in [1.807, 2.05) is 0 Å². The molecule has 2 rings (SSSR count). The minimum Gasteiger partial charge on any atom is -0.388 e. The van der Waals surface area contributed by atoms with Gasteiger partial charge in [-0.25, -0.2) is 0 Å². The Kier molecular flexibility index (Phi) is 5.14. The quantitative estimate of drug-likeness (QED) is 0.711. The van der Waals surface area contributed by atoms with E-state index in [2.05, 4.69) is 52.8 Å². The lowest BCUT2D eigenvalue weighted by Gasteiger charge is -2.35. The van der Waals surface area contributed by atoms with Crippen molar-refractivity contribution in [3.63, 3.8) is 0 Å². The van der Waals surface area contributed by atoms with Crippen molar-refractivity contribution in [1.82, 2.24) is 0 Å². The van der Waals surface area contributed by atoms with E-state index in [1.165, 1.54) is 42.4 Å². The van der Waals surface area contributed by atoms with Gasteiger partial charge < -0.3 is 5.11 Å². The number of hydrogen-bond acceptors (Lipinski definition) is 1. The van der Waals surface area contributed by atoms with Crippen LogP contribution in [0.25, 0.3) is 0 Å². The zero-order valence-corrected chi connectivity index (χ0v) is 14.4. The molecule has 0 aromatic heterocycles. The highest BCUT2D eigenvalue weighted by molar-refractivity contribution is 5.38. The molecule has 1 aliphatic rings. The van der Waals surface area contributed by atoms with E-state index in [0.29, 0.717) is 11.8 Å². The molecular weight excluding hydrogens is 256 g/mol. The summed E-state index contributed by atoms with van der Waals surface area (Å²) in [7, 11) is 0. The van der Waals surface area contributed by atoms with Crippen LogP contribution in [-0.4, -0.2) is 5.11 Å². The van der Waals surface area contributed by atoms with Crippen LogP contribution in [0.2, 0.25) is 0 Å². The van der Waals surface area contributed by atoms with Crippen LogP contribution in [0, 0.1) is 5.41 Å². The standard InChI is InChI=1S/C20H32O/c1-6-20(11-7-8-12-20)19(21)17-10-9-16(14(2)3)13-18(17)15(4)5/h9-10,13-15,19,21H,6-8,11-12H2,1-5H3. The van der Waals surface area contributed by atoms with Crippen LogP contribution in [0.3, 0.4) is 0 Å². The number of rotatable bonds is 5. The third-order valence-corrected chi connectivity index (χ3v) is 5.58. The second-order valence-corrected chi connectivity index (χ2v) is 7.52. The van der Waals surface area contributed by atoms with Crippen molar-refractivity contribution >= 4 is 0 Å². The number of aliphatic hydroxyl groups excluding tert-OH is 1. The Balaban J connectivity index is 2.42. The molecule has 118 valence electrons. The molecule has 0 saturated heterocycles. The Bertz CT molecular complexity index is 467. The van der Waals surface area contributed by atoms with Crippen molar-refractivity contribution in [3.05, 3.63) is 34.9 Å². The minimum absolute atomic E-state index is 0.114. The topological polar surface area (TPSA) is 20.2 Å². The van der Waals surface area contributed by atoms with Crippen LogP contribution in [0.4, 0.5) is 0 Å². The second-order valence-electron chi connectivity index (χ2n) is 7.52. The molecule has 0 aliphatic heterocycles. The summed E-state index contributed by atoms with van der Waals surface area (Å²) in [6, 6.07) is 6.74. The summed E-state index contributed by atoms with van der Waals surface area (Å²) in [6.45, 7) is 11.2. The van der Waals surface area contributed by atoms with E-state index in [9.17, 15) is 5.11 Å². The smallest absolute Gasteiger partial charge is 0.0848 e. The molecule has 0 heterocycles. The fraction of sp³-hybridized carbons (Fsp3) is 0.700. The van der Waals surface area contributed by atoms with Crippen molar-refractivity contribution < 1.29 is 5.11 Å². The maximum atomic E-state index is 11.1. The summed E-state index contributed by atoms with van der Waals surface area (Å²) >= 11 is 0. The van der Waals surface area contributed by atoms with Gasteiger partial charge in [-0.05, 0) is 47.8 Å². The van der Waals surface area contributed by atoms with Crippen molar-refractivity contribution in [2.24, 2.45) is 5.41 Å². The molecule has 1 atom stereocenters. The van der Waals surface area contributed by atoms with Gasteiger partial charge in [0.25, 0.3) is 0 Å². The van der Waals surface area contributed by atoms with Crippen molar-refractivity contribution in [2.45, 2.75) is 84.7 Å². The predicted octanol–water partition coefficient (Wildman–Crippen LogP) is 5.94. The molecule has 21 heavy (non-hydrogen) atoms. The lowest BCUT2D eigenvalue weighted by molar-refractivity contribution is 0.0229. The van der Waals surface area contributed by atoms with Crippen LogP contribution in [0.15, 0.2) is 18.2 Å². The van der Waals surface area contributed by atoms with Crippen LogP contribution in [0.5, 0.6) is 0 Å². The third-order valence-electron chi connectivity index (χ3n) is 5.58. The molecule has 1 saturated carbocycles. The predicted molar refractivity (Wildman–Crippen MR) is 90.8 cm³/mol. The Labute approximate surface area is 130 Å². The summed E-state index contributed by atoms with van der Waals surface area (Å²) in [5.74, 6) is 1.00. The van der Waals surface area contributed by atoms with E-state index in [-0.39, 0.29) is 11.5 Å². The van der Waals surface area contributed by atoms with Crippen molar-refractivity contribution in [2.75, 3.05) is 0 Å². The summed E-state index contributed by atoms with van der Waals surface area (Å²) in [5, 5.41) is 11.1. The molecule has 1 nitrogen and oxygen atoms in total. The van der Waals surface area contributed by atoms with Crippen molar-refractivity contribution in [3.8, 4) is 0 Å². The zero-order chi connectivity index (χ0) is 15.6. The highest BCUT2D eigenvalue weighted by Crippen LogP contribution is 2.51. The SMILES string of the molecule is CCC1(C(O)c2ccc(C(C)C)cc2C(C)C)CCCC1. The highest BCUT2D eigenvalue weighted by Gasteiger charge is 2.40. The van der Waals surface area contributed by atoms with Gasteiger partial charge in [0.2, 0.25) is 0 Å². The Morgan fingerprint density at radius 2 is 1.62 bits per heavy atom. The molecule has 1 fully saturated rings. The molecule has 0 spiro atoms. The molecule has 1 aromatic rings. The van der Waals surface area contributed by atoms with Gasteiger partial charge in [0.1, 0.15) is 0 Å². The summed E-state index contributed by atoms with van der Waals surface area (Å²) in [6.07, 6.45) is 5.67. The first-order valence-electron chi connectivity index (χ1n) is 8.73. The van der Waals surface area contributed by atoms with Gasteiger partial charge in [0.05, 0.1) is 6.10 Å². The molecule has 1 heteroatoms. The molecule has 1 aliphatic carbocycles. The Hall–Kier alpha value is -0.820. The van der Waals surface area contributed by atoms with Gasteiger partial charge in [0, 0.05) is 5.41 Å².